The molecule has 10 nitrogen and oxygen atoms in total. The molecule has 0 bridgehead atoms. The van der Waals surface area contributed by atoms with Gasteiger partial charge in [-0.1, -0.05) is 26.8 Å². The van der Waals surface area contributed by atoms with Crippen molar-refractivity contribution in [1.29, 1.82) is 0 Å². The average molecular weight is 562 g/mol. The van der Waals surface area contributed by atoms with Crippen LogP contribution in [0.15, 0.2) is 36.8 Å². The van der Waals surface area contributed by atoms with Crippen LogP contribution in [-0.4, -0.2) is 76.6 Å². The quantitative estimate of drug-likeness (QED) is 0.254. The van der Waals surface area contributed by atoms with E-state index in [1.807, 2.05) is 6.07 Å². The largest absolute Gasteiger partial charge is 0.387 e. The summed E-state index contributed by atoms with van der Waals surface area (Å²) in [5.74, 6) is 2.07. The highest BCUT2D eigenvalue weighted by atomic mass is 16.6. The Morgan fingerprint density at radius 2 is 1.93 bits per heavy atom. The van der Waals surface area contributed by atoms with Crippen molar-refractivity contribution < 1.29 is 14.9 Å². The molecule has 4 atom stereocenters. The van der Waals surface area contributed by atoms with Crippen molar-refractivity contribution in [1.82, 2.24) is 29.4 Å². The van der Waals surface area contributed by atoms with Crippen LogP contribution in [0.25, 0.3) is 22.1 Å². The zero-order valence-corrected chi connectivity index (χ0v) is 24.7. The Morgan fingerprint density at radius 3 is 2.66 bits per heavy atom. The lowest BCUT2D eigenvalue weighted by atomic mass is 9.76. The predicted molar refractivity (Wildman–Crippen MR) is 159 cm³/mol. The van der Waals surface area contributed by atoms with Crippen molar-refractivity contribution >= 4 is 27.9 Å². The van der Waals surface area contributed by atoms with Gasteiger partial charge in [0, 0.05) is 31.2 Å². The number of nitrogens with two attached hydrogens (primary N) is 1. The third-order valence-electron chi connectivity index (χ3n) is 9.07. The van der Waals surface area contributed by atoms with Crippen LogP contribution in [0.2, 0.25) is 0 Å². The van der Waals surface area contributed by atoms with Crippen LogP contribution in [0, 0.1) is 5.92 Å². The van der Waals surface area contributed by atoms with Gasteiger partial charge in [-0.2, -0.15) is 0 Å². The maximum atomic E-state index is 11.0. The summed E-state index contributed by atoms with van der Waals surface area (Å²) < 4.78 is 8.01. The van der Waals surface area contributed by atoms with Crippen LogP contribution in [0.5, 0.6) is 0 Å². The lowest BCUT2D eigenvalue weighted by Crippen LogP contribution is -2.52. The number of H-pyrrole nitrogens is 1. The summed E-state index contributed by atoms with van der Waals surface area (Å²) >= 11 is 0. The number of ether oxygens (including phenoxy) is 1. The van der Waals surface area contributed by atoms with E-state index in [1.165, 1.54) is 11.9 Å². The van der Waals surface area contributed by atoms with E-state index in [2.05, 4.69) is 72.7 Å². The minimum absolute atomic E-state index is 0.113. The molecule has 3 aromatic heterocycles. The van der Waals surface area contributed by atoms with Gasteiger partial charge in [-0.3, -0.25) is 4.90 Å². The van der Waals surface area contributed by atoms with Gasteiger partial charge in [-0.25, -0.2) is 15.0 Å². The fraction of sp³-hybridized carbons (Fsp3) is 0.581. The molecule has 1 aliphatic heterocycles. The first-order chi connectivity index (χ1) is 19.5. The molecule has 2 aliphatic rings. The van der Waals surface area contributed by atoms with E-state index in [0.717, 1.165) is 42.5 Å². The number of nitrogen functional groups attached to an aromatic ring is 1. The smallest absolute Gasteiger partial charge is 0.164 e. The SMILES string of the molecule is CC(C)N(C[C@H]1O[C@@H](n2ccc3c(N)ncnc32)[C@@H](O)[C@H]1O)C1CC(CCc2nc3ccc(C(C)(C)C)cc3[nH]2)C1. The number of fused-ring (bicyclic) bond motifs is 2. The van der Waals surface area contributed by atoms with Gasteiger partial charge in [-0.15, -0.1) is 0 Å². The summed E-state index contributed by atoms with van der Waals surface area (Å²) in [6, 6.07) is 9.07. The number of hydrogen-bond donors (Lipinski definition) is 4. The molecule has 6 rings (SSSR count). The zero-order valence-electron chi connectivity index (χ0n) is 24.7. The van der Waals surface area contributed by atoms with Crippen LogP contribution < -0.4 is 5.73 Å². The molecule has 2 fully saturated rings. The summed E-state index contributed by atoms with van der Waals surface area (Å²) in [6.45, 7) is 11.6. The van der Waals surface area contributed by atoms with Crippen LogP contribution in [0.4, 0.5) is 5.82 Å². The molecule has 0 spiro atoms. The fourth-order valence-electron chi connectivity index (χ4n) is 6.49. The third-order valence-corrected chi connectivity index (χ3v) is 9.07. The number of rotatable bonds is 8. The first-order valence-electron chi connectivity index (χ1n) is 14.8. The van der Waals surface area contributed by atoms with Crippen LogP contribution >= 0.6 is 0 Å². The number of anilines is 1. The molecule has 1 saturated heterocycles. The normalized spacial score (nSPS) is 27.0. The molecule has 5 N–H and O–H groups in total. The minimum atomic E-state index is -1.07. The van der Waals surface area contributed by atoms with E-state index < -0.39 is 24.5 Å². The standard InChI is InChI=1S/C31H43N7O3/c1-17(2)38(15-24-26(39)27(40)30(41-24)37-11-10-21-28(32)33-16-34-29(21)37)20-12-18(13-20)6-9-25-35-22-8-7-19(31(3,4)5)14-23(22)36-25/h7-8,10-11,14,16-18,20,24,26-27,30,39-40H,6,9,12-13,15H2,1-5H3,(H,35,36)(H2,32,33,34)/t18?,20?,24-,26+,27+,30-/m1/s1. The fourth-order valence-corrected chi connectivity index (χ4v) is 6.49. The van der Waals surface area contributed by atoms with Crippen molar-refractivity contribution in [3.8, 4) is 0 Å². The van der Waals surface area contributed by atoms with Crippen molar-refractivity contribution in [3.63, 3.8) is 0 Å². The number of nitrogens with one attached hydrogen (secondary N) is 1. The van der Waals surface area contributed by atoms with Gasteiger partial charge in [0.2, 0.25) is 0 Å². The lowest BCUT2D eigenvalue weighted by molar-refractivity contribution is -0.0618. The number of aliphatic hydroxyl groups is 2. The van der Waals surface area contributed by atoms with Crippen molar-refractivity contribution in [2.45, 2.75) is 102 Å². The Bertz CT molecular complexity index is 1520. The maximum Gasteiger partial charge on any atom is 0.164 e. The average Bonchev–Trinajstić information content (AvgIpc) is 3.58. The molecular weight excluding hydrogens is 518 g/mol. The number of aryl methyl sites for hydroxylation is 1. The number of imidazole rings is 1. The van der Waals surface area contributed by atoms with Crippen LogP contribution in [0.1, 0.15) is 71.5 Å². The van der Waals surface area contributed by atoms with Gasteiger partial charge < -0.3 is 30.2 Å². The van der Waals surface area contributed by atoms with Gasteiger partial charge in [-0.05, 0) is 68.2 Å². The summed E-state index contributed by atoms with van der Waals surface area (Å²) in [5.41, 5.74) is 10.1. The van der Waals surface area contributed by atoms with Gasteiger partial charge >= 0.3 is 0 Å². The highest BCUT2D eigenvalue weighted by molar-refractivity contribution is 5.86. The summed E-state index contributed by atoms with van der Waals surface area (Å²) in [5, 5.41) is 22.6. The monoisotopic (exact) mass is 561 g/mol. The predicted octanol–water partition coefficient (Wildman–Crippen LogP) is 3.93. The molecule has 4 aromatic rings. The van der Waals surface area contributed by atoms with Crippen molar-refractivity contribution in [2.24, 2.45) is 5.92 Å². The molecular formula is C31H43N7O3. The minimum Gasteiger partial charge on any atom is -0.387 e. The number of aliphatic hydroxyl groups excluding tert-OH is 2. The maximum absolute atomic E-state index is 11.0. The van der Waals surface area contributed by atoms with E-state index in [4.69, 9.17) is 15.5 Å². The first-order valence-corrected chi connectivity index (χ1v) is 14.8. The second-order valence-electron chi connectivity index (χ2n) is 13.3. The molecule has 10 heteroatoms. The van der Waals surface area contributed by atoms with E-state index in [1.54, 1.807) is 10.8 Å². The Labute approximate surface area is 240 Å². The van der Waals surface area contributed by atoms with E-state index >= 15 is 0 Å². The molecule has 41 heavy (non-hydrogen) atoms. The molecule has 0 unspecified atom stereocenters. The number of benzene rings is 1. The lowest BCUT2D eigenvalue weighted by Gasteiger charge is -2.46. The van der Waals surface area contributed by atoms with Crippen molar-refractivity contribution in [2.75, 3.05) is 12.3 Å². The second-order valence-corrected chi connectivity index (χ2v) is 13.3. The highest BCUT2D eigenvalue weighted by Crippen LogP contribution is 2.38. The summed E-state index contributed by atoms with van der Waals surface area (Å²) in [6.07, 6.45) is 4.11. The second kappa shape index (κ2) is 10.7. The van der Waals surface area contributed by atoms with Crippen molar-refractivity contribution in [3.05, 3.63) is 48.2 Å². The van der Waals surface area contributed by atoms with Gasteiger partial charge in [0.05, 0.1) is 16.4 Å². The topological polar surface area (TPSA) is 138 Å². The van der Waals surface area contributed by atoms with Crippen LogP contribution in [-0.2, 0) is 16.6 Å². The highest BCUT2D eigenvalue weighted by Gasteiger charge is 2.46. The molecule has 1 aliphatic carbocycles. The Morgan fingerprint density at radius 1 is 1.15 bits per heavy atom. The molecule has 1 saturated carbocycles. The Hall–Kier alpha value is -3.05. The van der Waals surface area contributed by atoms with E-state index in [0.29, 0.717) is 41.4 Å². The molecule has 1 aromatic carbocycles. The molecule has 0 radical (unpaired) electrons. The Balaban J connectivity index is 1.06. The molecule has 220 valence electrons. The summed E-state index contributed by atoms with van der Waals surface area (Å²) in [7, 11) is 0. The number of aromatic amines is 1. The molecule has 4 heterocycles. The summed E-state index contributed by atoms with van der Waals surface area (Å²) in [4.78, 5) is 19.2. The number of hydrogen-bond acceptors (Lipinski definition) is 8. The number of nitrogens with zero attached hydrogens (tertiary/aromatic N) is 5. The first kappa shape index (κ1) is 28.1. The molecule has 0 amide bonds. The zero-order chi connectivity index (χ0) is 29.1. The van der Waals surface area contributed by atoms with Gasteiger partial charge in [0.1, 0.15) is 41.9 Å². The van der Waals surface area contributed by atoms with E-state index in [9.17, 15) is 10.2 Å². The van der Waals surface area contributed by atoms with Gasteiger partial charge in [0.15, 0.2) is 6.23 Å². The van der Waals surface area contributed by atoms with E-state index in [-0.39, 0.29) is 5.41 Å². The third kappa shape index (κ3) is 5.34. The Kier molecular flexibility index (Phi) is 7.30. The van der Waals surface area contributed by atoms with Gasteiger partial charge in [0.25, 0.3) is 0 Å². The van der Waals surface area contributed by atoms with Crippen LogP contribution in [0.3, 0.4) is 0 Å². The number of aromatic nitrogens is 5.